The number of rotatable bonds is 2. The third kappa shape index (κ3) is 2.52. The first kappa shape index (κ1) is 17.3. The Morgan fingerprint density at radius 3 is 2.68 bits per heavy atom. The second-order valence-electron chi connectivity index (χ2n) is 9.42. The molecule has 0 unspecified atom stereocenters. The predicted molar refractivity (Wildman–Crippen MR) is 96.9 cm³/mol. The van der Waals surface area contributed by atoms with Crippen LogP contribution in [0.1, 0.15) is 78.6 Å². The van der Waals surface area contributed by atoms with E-state index in [0.717, 1.165) is 38.0 Å². The molecule has 3 heteroatoms. The second kappa shape index (κ2) is 5.96. The molecule has 3 saturated carbocycles. The number of carbonyl (C=O) groups excluding carboxylic acids is 2. The van der Waals surface area contributed by atoms with Crippen molar-refractivity contribution in [1.29, 1.82) is 0 Å². The van der Waals surface area contributed by atoms with E-state index in [0.29, 0.717) is 24.0 Å². The standard InChI is InChI=1S/C22H32O3/c1-4-20(24)25-19-8-7-17-16-6-5-14-13-15(23)9-11-21(14,2)18(16)10-12-22(17,19)3/h13,16-19H,4-12H2,1-3H3/t16-,17+,18+,19-,21-,22-/m0/s1. The summed E-state index contributed by atoms with van der Waals surface area (Å²) in [6, 6.07) is 0. The molecule has 3 fully saturated rings. The average Bonchev–Trinajstić information content (AvgIpc) is 2.92. The lowest BCUT2D eigenvalue weighted by atomic mass is 9.47. The fourth-order valence-corrected chi connectivity index (χ4v) is 6.95. The van der Waals surface area contributed by atoms with Crippen molar-refractivity contribution in [3.63, 3.8) is 0 Å². The quantitative estimate of drug-likeness (QED) is 0.673. The molecule has 0 aromatic carbocycles. The summed E-state index contributed by atoms with van der Waals surface area (Å²) in [6.07, 6.45) is 11.3. The van der Waals surface area contributed by atoms with Gasteiger partial charge in [-0.1, -0.05) is 26.3 Å². The Morgan fingerprint density at radius 1 is 1.12 bits per heavy atom. The number of hydrogen-bond acceptors (Lipinski definition) is 3. The summed E-state index contributed by atoms with van der Waals surface area (Å²) in [7, 11) is 0. The molecule has 4 aliphatic rings. The molecule has 6 atom stereocenters. The van der Waals surface area contributed by atoms with E-state index in [-0.39, 0.29) is 22.9 Å². The zero-order chi connectivity index (χ0) is 17.8. The zero-order valence-electron chi connectivity index (χ0n) is 16.0. The highest BCUT2D eigenvalue weighted by atomic mass is 16.5. The first-order valence-electron chi connectivity index (χ1n) is 10.3. The molecule has 0 N–H and O–H groups in total. The Bertz CT molecular complexity index is 621. The Morgan fingerprint density at radius 2 is 1.92 bits per heavy atom. The van der Waals surface area contributed by atoms with Crippen LogP contribution in [0.15, 0.2) is 11.6 Å². The smallest absolute Gasteiger partial charge is 0.305 e. The average molecular weight is 344 g/mol. The molecule has 0 bridgehead atoms. The molecule has 3 nitrogen and oxygen atoms in total. The summed E-state index contributed by atoms with van der Waals surface area (Å²) in [5.41, 5.74) is 1.82. The van der Waals surface area contributed by atoms with Crippen LogP contribution in [-0.2, 0) is 14.3 Å². The van der Waals surface area contributed by atoms with Crippen molar-refractivity contribution in [3.05, 3.63) is 11.6 Å². The van der Waals surface area contributed by atoms with Crippen LogP contribution in [0.25, 0.3) is 0 Å². The van der Waals surface area contributed by atoms with E-state index in [1.165, 1.54) is 24.8 Å². The molecule has 4 aliphatic carbocycles. The highest BCUT2D eigenvalue weighted by Gasteiger charge is 2.59. The number of allylic oxidation sites excluding steroid dienone is 1. The van der Waals surface area contributed by atoms with Crippen LogP contribution in [-0.4, -0.2) is 17.9 Å². The molecule has 0 spiro atoms. The molecule has 0 aromatic rings. The van der Waals surface area contributed by atoms with Gasteiger partial charge in [-0.2, -0.15) is 0 Å². The molecule has 0 amide bonds. The van der Waals surface area contributed by atoms with Gasteiger partial charge in [0.15, 0.2) is 5.78 Å². The summed E-state index contributed by atoms with van der Waals surface area (Å²) in [5.74, 6) is 2.41. The molecule has 0 aromatic heterocycles. The number of fused-ring (bicyclic) bond motifs is 5. The van der Waals surface area contributed by atoms with Crippen LogP contribution >= 0.6 is 0 Å². The van der Waals surface area contributed by atoms with Crippen LogP contribution in [0.2, 0.25) is 0 Å². The van der Waals surface area contributed by atoms with Crippen molar-refractivity contribution in [1.82, 2.24) is 0 Å². The summed E-state index contributed by atoms with van der Waals surface area (Å²) in [4.78, 5) is 23.8. The van der Waals surface area contributed by atoms with Crippen molar-refractivity contribution < 1.29 is 14.3 Å². The molecule has 25 heavy (non-hydrogen) atoms. The Balaban J connectivity index is 1.59. The molecule has 0 saturated heterocycles. The minimum Gasteiger partial charge on any atom is -0.462 e. The molecule has 4 rings (SSSR count). The van der Waals surface area contributed by atoms with E-state index in [1.807, 2.05) is 13.0 Å². The van der Waals surface area contributed by atoms with Gasteiger partial charge in [0.2, 0.25) is 0 Å². The largest absolute Gasteiger partial charge is 0.462 e. The monoisotopic (exact) mass is 344 g/mol. The van der Waals surface area contributed by atoms with Gasteiger partial charge in [0, 0.05) is 18.3 Å². The maximum atomic E-state index is 11.9. The number of ether oxygens (including phenoxy) is 1. The van der Waals surface area contributed by atoms with Crippen LogP contribution in [0.3, 0.4) is 0 Å². The first-order chi connectivity index (χ1) is 11.9. The lowest BCUT2D eigenvalue weighted by Crippen LogP contribution is -2.51. The van der Waals surface area contributed by atoms with Crippen molar-refractivity contribution >= 4 is 11.8 Å². The number of esters is 1. The summed E-state index contributed by atoms with van der Waals surface area (Å²) < 4.78 is 5.86. The molecular weight excluding hydrogens is 312 g/mol. The Kier molecular flexibility index (Phi) is 4.12. The van der Waals surface area contributed by atoms with Crippen LogP contribution < -0.4 is 0 Å². The zero-order valence-corrected chi connectivity index (χ0v) is 16.0. The normalized spacial score (nSPS) is 45.9. The topological polar surface area (TPSA) is 43.4 Å². The van der Waals surface area contributed by atoms with Gasteiger partial charge in [-0.3, -0.25) is 9.59 Å². The number of carbonyl (C=O) groups is 2. The van der Waals surface area contributed by atoms with Crippen molar-refractivity contribution in [2.24, 2.45) is 28.6 Å². The van der Waals surface area contributed by atoms with Gasteiger partial charge < -0.3 is 4.74 Å². The molecule has 138 valence electrons. The highest BCUT2D eigenvalue weighted by molar-refractivity contribution is 5.91. The van der Waals surface area contributed by atoms with Gasteiger partial charge in [0.05, 0.1) is 0 Å². The third-order valence-corrected chi connectivity index (χ3v) is 8.44. The van der Waals surface area contributed by atoms with Gasteiger partial charge >= 0.3 is 5.97 Å². The fraction of sp³-hybridized carbons (Fsp3) is 0.818. The molecule has 0 heterocycles. The molecule has 0 radical (unpaired) electrons. The Hall–Kier alpha value is -1.12. The minimum atomic E-state index is -0.0411. The SMILES string of the molecule is CCC(=O)O[C@H]1CC[C@@H]2[C@@H]3CCC4=CC(=O)CC[C@]4(C)[C@@H]3CC[C@]12C. The van der Waals surface area contributed by atoms with Crippen LogP contribution in [0.4, 0.5) is 0 Å². The Labute approximate surface area is 151 Å². The predicted octanol–water partition coefficient (Wildman–Crippen LogP) is 4.84. The lowest BCUT2D eigenvalue weighted by molar-refractivity contribution is -0.159. The number of hydrogen-bond donors (Lipinski definition) is 0. The van der Waals surface area contributed by atoms with Crippen LogP contribution in [0, 0.1) is 28.6 Å². The lowest BCUT2D eigenvalue weighted by Gasteiger charge is -2.57. The van der Waals surface area contributed by atoms with E-state index in [9.17, 15) is 9.59 Å². The van der Waals surface area contributed by atoms with E-state index >= 15 is 0 Å². The third-order valence-electron chi connectivity index (χ3n) is 8.44. The van der Waals surface area contributed by atoms with Gasteiger partial charge in [-0.25, -0.2) is 0 Å². The van der Waals surface area contributed by atoms with Crippen molar-refractivity contribution in [2.75, 3.05) is 0 Å². The highest BCUT2D eigenvalue weighted by Crippen LogP contribution is 2.65. The summed E-state index contributed by atoms with van der Waals surface area (Å²) >= 11 is 0. The van der Waals surface area contributed by atoms with Gasteiger partial charge in [0.25, 0.3) is 0 Å². The van der Waals surface area contributed by atoms with E-state index in [1.54, 1.807) is 0 Å². The van der Waals surface area contributed by atoms with Gasteiger partial charge in [0.1, 0.15) is 6.10 Å². The maximum Gasteiger partial charge on any atom is 0.305 e. The first-order valence-corrected chi connectivity index (χ1v) is 10.3. The van der Waals surface area contributed by atoms with E-state index in [2.05, 4.69) is 13.8 Å². The van der Waals surface area contributed by atoms with Crippen molar-refractivity contribution in [2.45, 2.75) is 84.7 Å². The minimum absolute atomic E-state index is 0.0411. The molecular formula is C22H32O3. The van der Waals surface area contributed by atoms with Crippen molar-refractivity contribution in [3.8, 4) is 0 Å². The van der Waals surface area contributed by atoms with Crippen LogP contribution in [0.5, 0.6) is 0 Å². The number of ketones is 1. The van der Waals surface area contributed by atoms with E-state index < -0.39 is 0 Å². The maximum absolute atomic E-state index is 11.9. The second-order valence-corrected chi connectivity index (χ2v) is 9.42. The summed E-state index contributed by atoms with van der Waals surface area (Å²) in [5, 5.41) is 0. The van der Waals surface area contributed by atoms with E-state index in [4.69, 9.17) is 4.74 Å². The molecule has 0 aliphatic heterocycles. The summed E-state index contributed by atoms with van der Waals surface area (Å²) in [6.45, 7) is 6.69. The fourth-order valence-electron chi connectivity index (χ4n) is 6.95. The van der Waals surface area contributed by atoms with Gasteiger partial charge in [-0.05, 0) is 74.2 Å². The van der Waals surface area contributed by atoms with Gasteiger partial charge in [-0.15, -0.1) is 0 Å².